The summed E-state index contributed by atoms with van der Waals surface area (Å²) in [6.07, 6.45) is 1.99. The number of carboxylic acid groups (broad SMARTS) is 1. The van der Waals surface area contributed by atoms with Crippen LogP contribution in [0.3, 0.4) is 0 Å². The van der Waals surface area contributed by atoms with Gasteiger partial charge in [-0.05, 0) is 34.0 Å². The van der Waals surface area contributed by atoms with Gasteiger partial charge in [0.2, 0.25) is 5.82 Å². The van der Waals surface area contributed by atoms with E-state index in [2.05, 4.69) is 4.98 Å². The molecule has 0 aliphatic heterocycles. The Morgan fingerprint density at radius 2 is 2.10 bits per heavy atom. The Morgan fingerprint density at radius 3 is 2.57 bits per heavy atom. The number of carbonyl (C=O) groups is 1. The van der Waals surface area contributed by atoms with Gasteiger partial charge in [-0.25, -0.2) is 9.78 Å². The van der Waals surface area contributed by atoms with Crippen molar-refractivity contribution < 1.29 is 14.8 Å². The van der Waals surface area contributed by atoms with Crippen molar-refractivity contribution in [3.63, 3.8) is 0 Å². The van der Waals surface area contributed by atoms with Crippen LogP contribution >= 0.6 is 0 Å². The van der Waals surface area contributed by atoms with Crippen LogP contribution in [-0.4, -0.2) is 59.6 Å². The third-order valence-corrected chi connectivity index (χ3v) is 3.01. The molecule has 0 aliphatic carbocycles. The summed E-state index contributed by atoms with van der Waals surface area (Å²) in [5.41, 5.74) is -0.462. The summed E-state index contributed by atoms with van der Waals surface area (Å²) in [5.74, 6) is -1.01. The summed E-state index contributed by atoms with van der Waals surface area (Å²) in [7, 11) is 3.91. The minimum atomic E-state index is -1.23. The average molecular weight is 296 g/mol. The zero-order chi connectivity index (χ0) is 16.0. The molecule has 8 heteroatoms. The summed E-state index contributed by atoms with van der Waals surface area (Å²) < 4.78 is 0. The van der Waals surface area contributed by atoms with E-state index in [4.69, 9.17) is 5.11 Å². The molecule has 0 amide bonds. The van der Waals surface area contributed by atoms with E-state index in [0.29, 0.717) is 13.1 Å². The van der Waals surface area contributed by atoms with Crippen LogP contribution in [0.25, 0.3) is 0 Å². The SMILES string of the molecule is CCN(CCCN(C)C)c1ncc(C(=O)O)cc1[N+](=O)[O-]. The van der Waals surface area contributed by atoms with Gasteiger partial charge >= 0.3 is 11.7 Å². The number of rotatable bonds is 8. The van der Waals surface area contributed by atoms with E-state index in [1.165, 1.54) is 0 Å². The zero-order valence-electron chi connectivity index (χ0n) is 12.4. The summed E-state index contributed by atoms with van der Waals surface area (Å²) in [4.78, 5) is 29.2. The smallest absolute Gasteiger partial charge is 0.337 e. The van der Waals surface area contributed by atoms with Crippen molar-refractivity contribution in [2.24, 2.45) is 0 Å². The summed E-state index contributed by atoms with van der Waals surface area (Å²) in [6, 6.07) is 1.05. The molecule has 0 atom stereocenters. The normalized spacial score (nSPS) is 10.7. The number of nitrogens with zero attached hydrogens (tertiary/aromatic N) is 4. The minimum absolute atomic E-state index is 0.185. The van der Waals surface area contributed by atoms with Gasteiger partial charge in [0.1, 0.15) is 0 Å². The molecule has 0 saturated carbocycles. The van der Waals surface area contributed by atoms with Crippen LogP contribution in [0.5, 0.6) is 0 Å². The second kappa shape index (κ2) is 7.53. The third kappa shape index (κ3) is 4.67. The molecular formula is C13H20N4O4. The highest BCUT2D eigenvalue weighted by atomic mass is 16.6. The Hall–Kier alpha value is -2.22. The number of nitro groups is 1. The highest BCUT2D eigenvalue weighted by Gasteiger charge is 2.22. The second-order valence-corrected chi connectivity index (χ2v) is 4.87. The molecule has 0 bridgehead atoms. The first-order valence-electron chi connectivity index (χ1n) is 6.64. The molecule has 0 spiro atoms. The molecular weight excluding hydrogens is 276 g/mol. The lowest BCUT2D eigenvalue weighted by Gasteiger charge is -2.22. The van der Waals surface area contributed by atoms with Crippen molar-refractivity contribution in [1.29, 1.82) is 0 Å². The second-order valence-electron chi connectivity index (χ2n) is 4.87. The van der Waals surface area contributed by atoms with Gasteiger partial charge in [-0.1, -0.05) is 0 Å². The van der Waals surface area contributed by atoms with Gasteiger partial charge in [0.25, 0.3) is 0 Å². The predicted octanol–water partition coefficient (Wildman–Crippen LogP) is 1.47. The van der Waals surface area contributed by atoms with E-state index >= 15 is 0 Å². The zero-order valence-corrected chi connectivity index (χ0v) is 12.4. The van der Waals surface area contributed by atoms with Crippen molar-refractivity contribution in [3.05, 3.63) is 27.9 Å². The molecule has 1 heterocycles. The Balaban J connectivity index is 3.02. The molecule has 8 nitrogen and oxygen atoms in total. The number of hydrogen-bond acceptors (Lipinski definition) is 6. The molecule has 0 saturated heterocycles. The van der Waals surface area contributed by atoms with Crippen LogP contribution in [0.15, 0.2) is 12.3 Å². The van der Waals surface area contributed by atoms with Gasteiger partial charge < -0.3 is 14.9 Å². The fourth-order valence-corrected chi connectivity index (χ4v) is 1.93. The first-order chi connectivity index (χ1) is 9.86. The molecule has 0 aliphatic rings. The maximum Gasteiger partial charge on any atom is 0.337 e. The largest absolute Gasteiger partial charge is 0.478 e. The van der Waals surface area contributed by atoms with Crippen LogP contribution in [0, 0.1) is 10.1 Å². The number of pyridine rings is 1. The summed E-state index contributed by atoms with van der Waals surface area (Å²) in [6.45, 7) is 3.92. The first kappa shape index (κ1) is 16.8. The van der Waals surface area contributed by atoms with Gasteiger partial charge in [0, 0.05) is 25.4 Å². The van der Waals surface area contributed by atoms with Crippen molar-refractivity contribution in [2.75, 3.05) is 38.6 Å². The fourth-order valence-electron chi connectivity index (χ4n) is 1.93. The van der Waals surface area contributed by atoms with Crippen LogP contribution in [0.1, 0.15) is 23.7 Å². The highest BCUT2D eigenvalue weighted by molar-refractivity contribution is 5.88. The monoisotopic (exact) mass is 296 g/mol. The van der Waals surface area contributed by atoms with Gasteiger partial charge in [-0.15, -0.1) is 0 Å². The minimum Gasteiger partial charge on any atom is -0.478 e. The molecule has 0 radical (unpaired) electrons. The average Bonchev–Trinajstić information content (AvgIpc) is 2.42. The Kier molecular flexibility index (Phi) is 6.04. The van der Waals surface area contributed by atoms with Gasteiger partial charge in [-0.2, -0.15) is 0 Å². The van der Waals surface area contributed by atoms with Crippen LogP contribution < -0.4 is 4.90 Å². The van der Waals surface area contributed by atoms with Crippen molar-refractivity contribution in [3.8, 4) is 0 Å². The molecule has 0 aromatic carbocycles. The van der Waals surface area contributed by atoms with Gasteiger partial charge in [0.05, 0.1) is 10.5 Å². The van der Waals surface area contributed by atoms with E-state index in [0.717, 1.165) is 25.2 Å². The molecule has 0 fully saturated rings. The van der Waals surface area contributed by atoms with Crippen LogP contribution in [0.4, 0.5) is 11.5 Å². The van der Waals surface area contributed by atoms with E-state index in [1.54, 1.807) is 4.90 Å². The van der Waals surface area contributed by atoms with Crippen LogP contribution in [-0.2, 0) is 0 Å². The maximum atomic E-state index is 11.1. The van der Waals surface area contributed by atoms with Crippen molar-refractivity contribution in [2.45, 2.75) is 13.3 Å². The fraction of sp³-hybridized carbons (Fsp3) is 0.538. The molecule has 1 aromatic heterocycles. The van der Waals surface area contributed by atoms with E-state index in [-0.39, 0.29) is 17.1 Å². The first-order valence-corrected chi connectivity index (χ1v) is 6.64. The van der Waals surface area contributed by atoms with Crippen molar-refractivity contribution >= 4 is 17.5 Å². The number of carboxylic acids is 1. The lowest BCUT2D eigenvalue weighted by Crippen LogP contribution is -2.28. The number of hydrogen-bond donors (Lipinski definition) is 1. The lowest BCUT2D eigenvalue weighted by molar-refractivity contribution is -0.384. The molecule has 1 rings (SSSR count). The molecule has 116 valence electrons. The Morgan fingerprint density at radius 1 is 1.43 bits per heavy atom. The van der Waals surface area contributed by atoms with Crippen LogP contribution in [0.2, 0.25) is 0 Å². The number of aromatic nitrogens is 1. The standard InChI is InChI=1S/C13H20N4O4/c1-4-16(7-5-6-15(2)3)12-11(17(20)21)8-10(9-14-12)13(18)19/h8-9H,4-7H2,1-3H3,(H,18,19). The van der Waals surface area contributed by atoms with Gasteiger partial charge in [0.15, 0.2) is 0 Å². The Labute approximate surface area is 123 Å². The molecule has 1 N–H and O–H groups in total. The molecule has 1 aromatic rings. The van der Waals surface area contributed by atoms with E-state index in [9.17, 15) is 14.9 Å². The maximum absolute atomic E-state index is 11.1. The number of aromatic carboxylic acids is 1. The molecule has 21 heavy (non-hydrogen) atoms. The van der Waals surface area contributed by atoms with Gasteiger partial charge in [-0.3, -0.25) is 10.1 Å². The number of anilines is 1. The van der Waals surface area contributed by atoms with Crippen molar-refractivity contribution in [1.82, 2.24) is 9.88 Å². The highest BCUT2D eigenvalue weighted by Crippen LogP contribution is 2.26. The summed E-state index contributed by atoms with van der Waals surface area (Å²) >= 11 is 0. The predicted molar refractivity (Wildman–Crippen MR) is 78.9 cm³/mol. The third-order valence-electron chi connectivity index (χ3n) is 3.01. The lowest BCUT2D eigenvalue weighted by atomic mass is 10.2. The topological polar surface area (TPSA) is 99.8 Å². The summed E-state index contributed by atoms with van der Waals surface area (Å²) in [5, 5.41) is 20.0. The molecule has 0 unspecified atom stereocenters. The van der Waals surface area contributed by atoms with E-state index in [1.807, 2.05) is 25.9 Å². The van der Waals surface area contributed by atoms with E-state index < -0.39 is 10.9 Å². The quantitative estimate of drug-likeness (QED) is 0.572. The Bertz CT molecular complexity index is 519.